The molecule has 1 amide bonds. The average molecular weight is 264 g/mol. The Morgan fingerprint density at radius 3 is 3.00 bits per heavy atom. The molecule has 2 nitrogen and oxygen atoms in total. The number of rotatable bonds is 0. The fourth-order valence-corrected chi connectivity index (χ4v) is 2.78. The molecule has 0 saturated heterocycles. The summed E-state index contributed by atoms with van der Waals surface area (Å²) in [5.41, 5.74) is 4.75. The van der Waals surface area contributed by atoms with Crippen LogP contribution >= 0.6 is 15.9 Å². The molecule has 1 aromatic carbocycles. The van der Waals surface area contributed by atoms with E-state index in [1.807, 2.05) is 6.07 Å². The molecule has 3 heteroatoms. The van der Waals surface area contributed by atoms with Gasteiger partial charge in [0.05, 0.1) is 0 Å². The Morgan fingerprint density at radius 1 is 1.27 bits per heavy atom. The Hall–Kier alpha value is -1.09. The molecule has 0 aromatic heterocycles. The van der Waals surface area contributed by atoms with Crippen LogP contribution in [0.5, 0.6) is 0 Å². The first kappa shape index (κ1) is 9.16. The number of benzene rings is 1. The van der Waals surface area contributed by atoms with Crippen molar-refractivity contribution in [2.75, 3.05) is 6.54 Å². The number of halogens is 1. The van der Waals surface area contributed by atoms with Crippen LogP contribution in [0.15, 0.2) is 28.2 Å². The molecule has 15 heavy (non-hydrogen) atoms. The quantitative estimate of drug-likeness (QED) is 0.765. The fraction of sp³-hybridized carbons (Fsp3) is 0.250. The minimum absolute atomic E-state index is 0.114. The molecule has 0 unspecified atom stereocenters. The van der Waals surface area contributed by atoms with E-state index in [0.29, 0.717) is 0 Å². The van der Waals surface area contributed by atoms with Crippen LogP contribution < -0.4 is 5.32 Å². The van der Waals surface area contributed by atoms with Crippen LogP contribution in [0.25, 0.3) is 5.57 Å². The van der Waals surface area contributed by atoms with E-state index in [1.165, 1.54) is 16.7 Å². The SMILES string of the molecule is O=C1NCCC2=C1Cc1cc(Br)ccc12. The van der Waals surface area contributed by atoms with Crippen molar-refractivity contribution >= 4 is 27.4 Å². The third-order valence-corrected chi connectivity index (χ3v) is 3.55. The van der Waals surface area contributed by atoms with Gasteiger partial charge in [-0.25, -0.2) is 0 Å². The van der Waals surface area contributed by atoms with Crippen LogP contribution in [-0.4, -0.2) is 12.5 Å². The van der Waals surface area contributed by atoms with Gasteiger partial charge in [-0.15, -0.1) is 0 Å². The van der Waals surface area contributed by atoms with Gasteiger partial charge in [-0.2, -0.15) is 0 Å². The highest BCUT2D eigenvalue weighted by Gasteiger charge is 2.28. The molecule has 3 rings (SSSR count). The maximum absolute atomic E-state index is 11.6. The van der Waals surface area contributed by atoms with Crippen molar-refractivity contribution in [3.05, 3.63) is 39.4 Å². The van der Waals surface area contributed by atoms with Crippen molar-refractivity contribution < 1.29 is 4.79 Å². The van der Waals surface area contributed by atoms with Crippen molar-refractivity contribution in [2.24, 2.45) is 0 Å². The summed E-state index contributed by atoms with van der Waals surface area (Å²) in [6.45, 7) is 0.771. The maximum Gasteiger partial charge on any atom is 0.247 e. The minimum Gasteiger partial charge on any atom is -0.352 e. The van der Waals surface area contributed by atoms with Gasteiger partial charge in [0.1, 0.15) is 0 Å². The summed E-state index contributed by atoms with van der Waals surface area (Å²) in [5.74, 6) is 0.114. The van der Waals surface area contributed by atoms with Crippen molar-refractivity contribution in [1.82, 2.24) is 5.32 Å². The highest BCUT2D eigenvalue weighted by atomic mass is 79.9. The Morgan fingerprint density at radius 2 is 2.13 bits per heavy atom. The number of hydrogen-bond donors (Lipinski definition) is 1. The zero-order valence-corrected chi connectivity index (χ0v) is 9.73. The monoisotopic (exact) mass is 263 g/mol. The van der Waals surface area contributed by atoms with E-state index in [2.05, 4.69) is 33.4 Å². The zero-order chi connectivity index (χ0) is 10.4. The van der Waals surface area contributed by atoms with Crippen LogP contribution in [-0.2, 0) is 11.2 Å². The van der Waals surface area contributed by atoms with E-state index >= 15 is 0 Å². The van der Waals surface area contributed by atoms with E-state index in [0.717, 1.165) is 29.4 Å². The van der Waals surface area contributed by atoms with Crippen LogP contribution in [0.2, 0.25) is 0 Å². The number of hydrogen-bond acceptors (Lipinski definition) is 1. The number of nitrogens with one attached hydrogen (secondary N) is 1. The van der Waals surface area contributed by atoms with Crippen molar-refractivity contribution in [2.45, 2.75) is 12.8 Å². The van der Waals surface area contributed by atoms with Crippen molar-refractivity contribution in [3.63, 3.8) is 0 Å². The third-order valence-electron chi connectivity index (χ3n) is 3.06. The van der Waals surface area contributed by atoms with Gasteiger partial charge in [-0.05, 0) is 35.3 Å². The lowest BCUT2D eigenvalue weighted by Gasteiger charge is -2.14. The Bertz CT molecular complexity index is 490. The molecule has 0 fully saturated rings. The molecule has 76 valence electrons. The summed E-state index contributed by atoms with van der Waals surface area (Å²) in [7, 11) is 0. The maximum atomic E-state index is 11.6. The molecular formula is C12H10BrNO. The average Bonchev–Trinajstić information content (AvgIpc) is 2.57. The molecule has 1 N–H and O–H groups in total. The molecule has 1 aliphatic carbocycles. The number of amides is 1. The molecule has 0 saturated carbocycles. The van der Waals surface area contributed by atoms with Crippen LogP contribution in [0, 0.1) is 0 Å². The summed E-state index contributed by atoms with van der Waals surface area (Å²) in [5, 5.41) is 2.89. The summed E-state index contributed by atoms with van der Waals surface area (Å²) in [6, 6.07) is 6.27. The van der Waals surface area contributed by atoms with Gasteiger partial charge in [0.15, 0.2) is 0 Å². The molecule has 1 heterocycles. The lowest BCUT2D eigenvalue weighted by atomic mass is 10.00. The zero-order valence-electron chi connectivity index (χ0n) is 8.14. The second kappa shape index (κ2) is 3.20. The highest BCUT2D eigenvalue weighted by molar-refractivity contribution is 9.10. The van der Waals surface area contributed by atoms with E-state index in [1.54, 1.807) is 0 Å². The standard InChI is InChI=1S/C12H10BrNO/c13-8-1-2-9-7(5-8)6-11-10(9)3-4-14-12(11)15/h1-2,5H,3-4,6H2,(H,14,15). The molecule has 1 aliphatic heterocycles. The second-order valence-corrected chi connectivity index (χ2v) is 4.86. The Kier molecular flexibility index (Phi) is 1.96. The van der Waals surface area contributed by atoms with Gasteiger partial charge in [0.2, 0.25) is 5.91 Å². The third kappa shape index (κ3) is 1.34. The number of fused-ring (bicyclic) bond motifs is 2. The molecule has 0 radical (unpaired) electrons. The van der Waals surface area contributed by atoms with Crippen molar-refractivity contribution in [3.8, 4) is 0 Å². The summed E-state index contributed by atoms with van der Waals surface area (Å²) in [6.07, 6.45) is 1.76. The van der Waals surface area contributed by atoms with E-state index < -0.39 is 0 Å². The fourth-order valence-electron chi connectivity index (χ4n) is 2.37. The first-order valence-electron chi connectivity index (χ1n) is 5.05. The minimum atomic E-state index is 0.114. The van der Waals surface area contributed by atoms with Crippen molar-refractivity contribution in [1.29, 1.82) is 0 Å². The van der Waals surface area contributed by atoms with Gasteiger partial charge in [-0.1, -0.05) is 22.0 Å². The van der Waals surface area contributed by atoms with Crippen LogP contribution in [0.1, 0.15) is 17.5 Å². The Balaban J connectivity index is 2.14. The number of carbonyl (C=O) groups excluding carboxylic acids is 1. The second-order valence-electron chi connectivity index (χ2n) is 3.94. The molecule has 0 bridgehead atoms. The summed E-state index contributed by atoms with van der Waals surface area (Å²) < 4.78 is 1.08. The first-order chi connectivity index (χ1) is 7.25. The predicted octanol–water partition coefficient (Wildman–Crippen LogP) is 2.28. The van der Waals surface area contributed by atoms with Gasteiger partial charge in [0, 0.05) is 23.0 Å². The highest BCUT2D eigenvalue weighted by Crippen LogP contribution is 2.37. The van der Waals surface area contributed by atoms with E-state index in [-0.39, 0.29) is 5.91 Å². The van der Waals surface area contributed by atoms with Gasteiger partial charge < -0.3 is 5.32 Å². The predicted molar refractivity (Wildman–Crippen MR) is 62.4 cm³/mol. The van der Waals surface area contributed by atoms with Gasteiger partial charge in [-0.3, -0.25) is 4.79 Å². The van der Waals surface area contributed by atoms with Gasteiger partial charge in [0.25, 0.3) is 0 Å². The molecule has 2 aliphatic rings. The Labute approximate surface area is 96.5 Å². The first-order valence-corrected chi connectivity index (χ1v) is 5.84. The summed E-state index contributed by atoms with van der Waals surface area (Å²) >= 11 is 3.46. The topological polar surface area (TPSA) is 29.1 Å². The van der Waals surface area contributed by atoms with Crippen LogP contribution in [0.4, 0.5) is 0 Å². The molecular weight excluding hydrogens is 254 g/mol. The van der Waals surface area contributed by atoms with E-state index in [9.17, 15) is 4.79 Å². The lowest BCUT2D eigenvalue weighted by molar-refractivity contribution is -0.117. The van der Waals surface area contributed by atoms with Gasteiger partial charge >= 0.3 is 0 Å². The smallest absolute Gasteiger partial charge is 0.247 e. The molecule has 0 spiro atoms. The normalized spacial score (nSPS) is 18.6. The van der Waals surface area contributed by atoms with Crippen LogP contribution in [0.3, 0.4) is 0 Å². The summed E-state index contributed by atoms with van der Waals surface area (Å²) in [4.78, 5) is 11.6. The number of carbonyl (C=O) groups is 1. The lowest BCUT2D eigenvalue weighted by Crippen LogP contribution is -2.30. The molecule has 1 aromatic rings. The van der Waals surface area contributed by atoms with E-state index in [4.69, 9.17) is 0 Å². The molecule has 0 atom stereocenters. The largest absolute Gasteiger partial charge is 0.352 e.